The lowest BCUT2D eigenvalue weighted by atomic mass is 10.1. The van der Waals surface area contributed by atoms with Gasteiger partial charge in [-0.3, -0.25) is 0 Å². The Morgan fingerprint density at radius 1 is 1.33 bits per heavy atom. The number of benzene rings is 1. The average Bonchev–Trinajstić information content (AvgIpc) is 2.70. The fourth-order valence-corrected chi connectivity index (χ4v) is 2.88. The van der Waals surface area contributed by atoms with Gasteiger partial charge in [-0.1, -0.05) is 12.1 Å². The number of rotatable bonds is 2. The Hall–Kier alpha value is -1.09. The molecule has 0 spiro atoms. The molecule has 0 radical (unpaired) electrons. The lowest BCUT2D eigenvalue weighted by Gasteiger charge is -2.10. The zero-order chi connectivity index (χ0) is 10.4. The van der Waals surface area contributed by atoms with E-state index in [1.54, 1.807) is 13.2 Å². The summed E-state index contributed by atoms with van der Waals surface area (Å²) in [6, 6.07) is 5.22. The summed E-state index contributed by atoms with van der Waals surface area (Å²) in [7, 11) is 1.54. The molecule has 3 heteroatoms. The summed E-state index contributed by atoms with van der Waals surface area (Å²) in [5.74, 6) is 2.10. The monoisotopic (exact) mass is 207 g/mol. The van der Waals surface area contributed by atoms with Crippen LogP contribution >= 0.6 is 0 Å². The molecule has 1 saturated carbocycles. The minimum absolute atomic E-state index is 0.243. The van der Waals surface area contributed by atoms with Gasteiger partial charge < -0.3 is 10.1 Å². The first-order valence-corrected chi connectivity index (χ1v) is 5.36. The zero-order valence-corrected chi connectivity index (χ0v) is 8.66. The SMILES string of the molecule is COc1c(F)cccc1C1C2CNCC21. The summed E-state index contributed by atoms with van der Waals surface area (Å²) < 4.78 is 18.6. The van der Waals surface area contributed by atoms with Crippen molar-refractivity contribution in [3.05, 3.63) is 29.6 Å². The van der Waals surface area contributed by atoms with Gasteiger partial charge in [0.1, 0.15) is 0 Å². The van der Waals surface area contributed by atoms with Crippen molar-refractivity contribution in [1.82, 2.24) is 5.32 Å². The van der Waals surface area contributed by atoms with E-state index in [1.807, 2.05) is 6.07 Å². The number of piperidine rings is 1. The number of ether oxygens (including phenoxy) is 1. The van der Waals surface area contributed by atoms with Crippen molar-refractivity contribution in [2.75, 3.05) is 20.2 Å². The van der Waals surface area contributed by atoms with Crippen LogP contribution in [0.4, 0.5) is 4.39 Å². The second-order valence-corrected chi connectivity index (χ2v) is 4.37. The van der Waals surface area contributed by atoms with E-state index in [4.69, 9.17) is 4.74 Å². The highest BCUT2D eigenvalue weighted by atomic mass is 19.1. The Balaban J connectivity index is 1.95. The van der Waals surface area contributed by atoms with Gasteiger partial charge in [0, 0.05) is 5.56 Å². The highest BCUT2D eigenvalue weighted by Gasteiger charge is 2.54. The highest BCUT2D eigenvalue weighted by Crippen LogP contribution is 2.57. The van der Waals surface area contributed by atoms with Crippen molar-refractivity contribution < 1.29 is 9.13 Å². The number of hydrogen-bond donors (Lipinski definition) is 1. The van der Waals surface area contributed by atoms with Crippen molar-refractivity contribution in [3.8, 4) is 5.75 Å². The van der Waals surface area contributed by atoms with Gasteiger partial charge in [0.15, 0.2) is 11.6 Å². The van der Waals surface area contributed by atoms with Crippen molar-refractivity contribution >= 4 is 0 Å². The minimum Gasteiger partial charge on any atom is -0.493 e. The molecule has 2 aliphatic rings. The molecular formula is C12H14FNO. The van der Waals surface area contributed by atoms with E-state index < -0.39 is 0 Å². The van der Waals surface area contributed by atoms with Crippen LogP contribution in [-0.2, 0) is 0 Å². The van der Waals surface area contributed by atoms with Crippen molar-refractivity contribution in [2.24, 2.45) is 11.8 Å². The third kappa shape index (κ3) is 1.26. The molecule has 0 aromatic heterocycles. The van der Waals surface area contributed by atoms with Crippen LogP contribution in [0.3, 0.4) is 0 Å². The maximum Gasteiger partial charge on any atom is 0.165 e. The van der Waals surface area contributed by atoms with Gasteiger partial charge in [0.05, 0.1) is 7.11 Å². The number of halogens is 1. The van der Waals surface area contributed by atoms with Crippen LogP contribution in [0.5, 0.6) is 5.75 Å². The predicted octanol–water partition coefficient (Wildman–Crippen LogP) is 1.77. The molecule has 1 aromatic carbocycles. The van der Waals surface area contributed by atoms with Crippen molar-refractivity contribution in [2.45, 2.75) is 5.92 Å². The average molecular weight is 207 g/mol. The van der Waals surface area contributed by atoms with Crippen molar-refractivity contribution in [1.29, 1.82) is 0 Å². The summed E-state index contributed by atoms with van der Waals surface area (Å²) in [6.45, 7) is 2.13. The molecule has 2 unspecified atom stereocenters. The van der Waals surface area contributed by atoms with Gasteiger partial charge in [-0.2, -0.15) is 0 Å². The van der Waals surface area contributed by atoms with E-state index in [2.05, 4.69) is 5.32 Å². The second-order valence-electron chi connectivity index (χ2n) is 4.37. The fraction of sp³-hybridized carbons (Fsp3) is 0.500. The molecule has 1 aliphatic heterocycles. The Morgan fingerprint density at radius 2 is 2.07 bits per heavy atom. The predicted molar refractivity (Wildman–Crippen MR) is 55.5 cm³/mol. The van der Waals surface area contributed by atoms with E-state index >= 15 is 0 Å². The Labute approximate surface area is 88.4 Å². The molecule has 1 heterocycles. The molecule has 1 N–H and O–H groups in total. The summed E-state index contributed by atoms with van der Waals surface area (Å²) >= 11 is 0. The van der Waals surface area contributed by atoms with Crippen molar-refractivity contribution in [3.63, 3.8) is 0 Å². The molecule has 1 saturated heterocycles. The van der Waals surface area contributed by atoms with Gasteiger partial charge in [-0.15, -0.1) is 0 Å². The number of methoxy groups -OCH3 is 1. The second kappa shape index (κ2) is 3.20. The molecule has 1 aliphatic carbocycles. The van der Waals surface area contributed by atoms with Gasteiger partial charge in [0.25, 0.3) is 0 Å². The fourth-order valence-electron chi connectivity index (χ4n) is 2.88. The van der Waals surface area contributed by atoms with E-state index in [9.17, 15) is 4.39 Å². The van der Waals surface area contributed by atoms with Crippen LogP contribution in [0, 0.1) is 17.7 Å². The van der Waals surface area contributed by atoms with Gasteiger partial charge in [-0.25, -0.2) is 4.39 Å². The van der Waals surface area contributed by atoms with Crippen LogP contribution in [0.15, 0.2) is 18.2 Å². The molecule has 0 amide bonds. The smallest absolute Gasteiger partial charge is 0.165 e. The molecule has 15 heavy (non-hydrogen) atoms. The molecule has 0 bridgehead atoms. The molecule has 2 nitrogen and oxygen atoms in total. The quantitative estimate of drug-likeness (QED) is 0.798. The maximum absolute atomic E-state index is 13.5. The summed E-state index contributed by atoms with van der Waals surface area (Å²) in [5, 5.41) is 3.34. The standard InChI is InChI=1S/C12H14FNO/c1-15-12-7(3-2-4-10(12)13)11-8-5-14-6-9(8)11/h2-4,8-9,11,14H,5-6H2,1H3. The van der Waals surface area contributed by atoms with Gasteiger partial charge >= 0.3 is 0 Å². The lowest BCUT2D eigenvalue weighted by Crippen LogP contribution is -2.14. The molecule has 1 aromatic rings. The van der Waals surface area contributed by atoms with Crippen LogP contribution in [-0.4, -0.2) is 20.2 Å². The van der Waals surface area contributed by atoms with Gasteiger partial charge in [-0.05, 0) is 36.9 Å². The Bertz CT molecular complexity index is 383. The Kier molecular flexibility index (Phi) is 1.96. The molecule has 3 rings (SSSR count). The number of para-hydroxylation sites is 1. The van der Waals surface area contributed by atoms with Gasteiger partial charge in [0.2, 0.25) is 0 Å². The first kappa shape index (κ1) is 9.16. The normalized spacial score (nSPS) is 32.5. The maximum atomic E-state index is 13.5. The third-order valence-electron chi connectivity index (χ3n) is 3.65. The number of nitrogens with one attached hydrogen (secondary N) is 1. The molecule has 2 fully saturated rings. The number of hydrogen-bond acceptors (Lipinski definition) is 2. The topological polar surface area (TPSA) is 21.3 Å². The molecule has 80 valence electrons. The molecular weight excluding hydrogens is 193 g/mol. The summed E-state index contributed by atoms with van der Waals surface area (Å²) in [4.78, 5) is 0. The lowest BCUT2D eigenvalue weighted by molar-refractivity contribution is 0.380. The molecule has 2 atom stereocenters. The minimum atomic E-state index is -0.243. The largest absolute Gasteiger partial charge is 0.493 e. The highest BCUT2D eigenvalue weighted by molar-refractivity contribution is 5.42. The van der Waals surface area contributed by atoms with Crippen LogP contribution < -0.4 is 10.1 Å². The zero-order valence-electron chi connectivity index (χ0n) is 8.66. The third-order valence-corrected chi connectivity index (χ3v) is 3.65. The summed E-state index contributed by atoms with van der Waals surface area (Å²) in [5.41, 5.74) is 1.05. The summed E-state index contributed by atoms with van der Waals surface area (Å²) in [6.07, 6.45) is 0. The van der Waals surface area contributed by atoms with E-state index in [0.717, 1.165) is 18.7 Å². The number of fused-ring (bicyclic) bond motifs is 1. The van der Waals surface area contributed by atoms with Crippen LogP contribution in [0.1, 0.15) is 11.5 Å². The first-order chi connectivity index (χ1) is 7.33. The van der Waals surface area contributed by atoms with E-state index in [-0.39, 0.29) is 5.82 Å². The van der Waals surface area contributed by atoms with Crippen LogP contribution in [0.2, 0.25) is 0 Å². The van der Waals surface area contributed by atoms with E-state index in [0.29, 0.717) is 23.5 Å². The van der Waals surface area contributed by atoms with Crippen LogP contribution in [0.25, 0.3) is 0 Å². The Morgan fingerprint density at radius 3 is 2.73 bits per heavy atom. The van der Waals surface area contributed by atoms with E-state index in [1.165, 1.54) is 6.07 Å². The first-order valence-electron chi connectivity index (χ1n) is 5.36.